The number of sulfonamides is 1. The molecule has 2 aromatic rings. The standard InChI is InChI=1S/C18H25N5O2S/c1-19-18(21-12-5-9-16-7-3-2-4-8-16)22-13-14-23-26(24,25)17-10-6-11-20-15-17/h2-4,6-8,10-11,15,23H,5,9,12-14H2,1H3,(H2,19,21,22). The third kappa shape index (κ3) is 6.81. The summed E-state index contributed by atoms with van der Waals surface area (Å²) >= 11 is 0. The third-order valence-electron chi connectivity index (χ3n) is 3.66. The Hall–Kier alpha value is -2.45. The number of hydrogen-bond donors (Lipinski definition) is 3. The summed E-state index contributed by atoms with van der Waals surface area (Å²) in [7, 11) is -1.84. The smallest absolute Gasteiger partial charge is 0.242 e. The van der Waals surface area contributed by atoms with E-state index in [1.54, 1.807) is 13.1 Å². The second kappa shape index (κ2) is 10.5. The van der Waals surface area contributed by atoms with Gasteiger partial charge in [-0.15, -0.1) is 0 Å². The van der Waals surface area contributed by atoms with Crippen molar-refractivity contribution in [3.05, 3.63) is 60.4 Å². The molecule has 0 saturated carbocycles. The molecule has 0 saturated heterocycles. The van der Waals surface area contributed by atoms with E-state index in [9.17, 15) is 8.42 Å². The average Bonchev–Trinajstić information content (AvgIpc) is 2.68. The van der Waals surface area contributed by atoms with Crippen LogP contribution in [-0.2, 0) is 16.4 Å². The lowest BCUT2D eigenvalue weighted by Crippen LogP contribution is -2.41. The average molecular weight is 375 g/mol. The second-order valence-corrected chi connectivity index (χ2v) is 7.37. The van der Waals surface area contributed by atoms with Gasteiger partial charge in [-0.1, -0.05) is 30.3 Å². The summed E-state index contributed by atoms with van der Waals surface area (Å²) in [5.74, 6) is 0.652. The van der Waals surface area contributed by atoms with Gasteiger partial charge in [0.15, 0.2) is 5.96 Å². The monoisotopic (exact) mass is 375 g/mol. The molecule has 1 aromatic carbocycles. The topological polar surface area (TPSA) is 95.5 Å². The van der Waals surface area contributed by atoms with Crippen LogP contribution in [-0.4, -0.2) is 46.0 Å². The van der Waals surface area contributed by atoms with Crippen LogP contribution in [0.5, 0.6) is 0 Å². The van der Waals surface area contributed by atoms with Crippen molar-refractivity contribution >= 4 is 16.0 Å². The summed E-state index contributed by atoms with van der Waals surface area (Å²) < 4.78 is 26.7. The fourth-order valence-corrected chi connectivity index (χ4v) is 3.32. The summed E-state index contributed by atoms with van der Waals surface area (Å²) in [6, 6.07) is 13.4. The maximum atomic E-state index is 12.1. The van der Waals surface area contributed by atoms with Gasteiger partial charge in [-0.25, -0.2) is 13.1 Å². The molecule has 0 spiro atoms. The quantitative estimate of drug-likeness (QED) is 0.347. The summed E-state index contributed by atoms with van der Waals surface area (Å²) in [5, 5.41) is 6.31. The van der Waals surface area contributed by atoms with E-state index in [0.29, 0.717) is 12.5 Å². The molecule has 7 nitrogen and oxygen atoms in total. The number of nitrogens with one attached hydrogen (secondary N) is 3. The number of hydrogen-bond acceptors (Lipinski definition) is 4. The molecule has 0 radical (unpaired) electrons. The van der Waals surface area contributed by atoms with Gasteiger partial charge in [0.1, 0.15) is 4.90 Å². The molecule has 0 atom stereocenters. The Morgan fingerprint density at radius 3 is 2.50 bits per heavy atom. The summed E-state index contributed by atoms with van der Waals surface area (Å²) in [4.78, 5) is 8.11. The molecule has 8 heteroatoms. The van der Waals surface area contributed by atoms with Crippen LogP contribution < -0.4 is 15.4 Å². The zero-order chi connectivity index (χ0) is 18.7. The largest absolute Gasteiger partial charge is 0.356 e. The molecule has 0 amide bonds. The zero-order valence-electron chi connectivity index (χ0n) is 14.9. The fraction of sp³-hybridized carbons (Fsp3) is 0.333. The lowest BCUT2D eigenvalue weighted by atomic mass is 10.1. The van der Waals surface area contributed by atoms with E-state index in [2.05, 4.69) is 37.5 Å². The van der Waals surface area contributed by atoms with Crippen molar-refractivity contribution in [2.75, 3.05) is 26.7 Å². The lowest BCUT2D eigenvalue weighted by molar-refractivity contribution is 0.580. The molecule has 0 aliphatic carbocycles. The van der Waals surface area contributed by atoms with Crippen LogP contribution in [0.15, 0.2) is 64.7 Å². The van der Waals surface area contributed by atoms with Crippen LogP contribution in [0.3, 0.4) is 0 Å². The first-order chi connectivity index (χ1) is 12.6. The Bertz CT molecular complexity index is 780. The SMILES string of the molecule is CN=C(NCCCc1ccccc1)NCCNS(=O)(=O)c1cccnc1. The highest BCUT2D eigenvalue weighted by atomic mass is 32.2. The van der Waals surface area contributed by atoms with E-state index in [1.807, 2.05) is 18.2 Å². The minimum absolute atomic E-state index is 0.156. The van der Waals surface area contributed by atoms with Crippen molar-refractivity contribution in [3.63, 3.8) is 0 Å². The van der Waals surface area contributed by atoms with Gasteiger partial charge in [-0.3, -0.25) is 9.98 Å². The number of rotatable bonds is 9. The van der Waals surface area contributed by atoms with Gasteiger partial charge < -0.3 is 10.6 Å². The minimum Gasteiger partial charge on any atom is -0.356 e. The highest BCUT2D eigenvalue weighted by molar-refractivity contribution is 7.89. The molecule has 26 heavy (non-hydrogen) atoms. The molecule has 0 fully saturated rings. The predicted molar refractivity (Wildman–Crippen MR) is 104 cm³/mol. The first-order valence-corrected chi connectivity index (χ1v) is 9.98. The Morgan fingerprint density at radius 2 is 1.81 bits per heavy atom. The van der Waals surface area contributed by atoms with Crippen molar-refractivity contribution in [2.24, 2.45) is 4.99 Å². The highest BCUT2D eigenvalue weighted by Gasteiger charge is 2.12. The number of guanidine groups is 1. The molecule has 0 bridgehead atoms. The van der Waals surface area contributed by atoms with Gasteiger partial charge in [0.25, 0.3) is 0 Å². The number of pyridine rings is 1. The maximum absolute atomic E-state index is 12.1. The summed E-state index contributed by atoms with van der Waals surface area (Å²) in [6.07, 6.45) is 4.84. The van der Waals surface area contributed by atoms with Crippen LogP contribution in [0.2, 0.25) is 0 Å². The lowest BCUT2D eigenvalue weighted by Gasteiger charge is -2.12. The Morgan fingerprint density at radius 1 is 1.04 bits per heavy atom. The van der Waals surface area contributed by atoms with Gasteiger partial charge in [0, 0.05) is 39.1 Å². The summed E-state index contributed by atoms with van der Waals surface area (Å²) in [5.41, 5.74) is 1.31. The first kappa shape index (κ1) is 19.9. The maximum Gasteiger partial charge on any atom is 0.242 e. The summed E-state index contributed by atoms with van der Waals surface area (Å²) in [6.45, 7) is 1.47. The minimum atomic E-state index is -3.53. The molecule has 1 heterocycles. The molecule has 0 aliphatic rings. The molecule has 3 N–H and O–H groups in total. The van der Waals surface area contributed by atoms with Crippen LogP contribution in [0, 0.1) is 0 Å². The van der Waals surface area contributed by atoms with Crippen molar-refractivity contribution in [3.8, 4) is 0 Å². The van der Waals surface area contributed by atoms with Crippen molar-refractivity contribution < 1.29 is 8.42 Å². The third-order valence-corrected chi connectivity index (χ3v) is 5.10. The molecule has 0 aliphatic heterocycles. The van der Waals surface area contributed by atoms with E-state index >= 15 is 0 Å². The van der Waals surface area contributed by atoms with Gasteiger partial charge in [-0.2, -0.15) is 0 Å². The van der Waals surface area contributed by atoms with Crippen LogP contribution in [0.1, 0.15) is 12.0 Å². The van der Waals surface area contributed by atoms with Crippen LogP contribution in [0.25, 0.3) is 0 Å². The Labute approximate surface area is 155 Å². The van der Waals surface area contributed by atoms with Crippen LogP contribution in [0.4, 0.5) is 0 Å². The number of nitrogens with zero attached hydrogens (tertiary/aromatic N) is 2. The molecule has 1 aromatic heterocycles. The molecule has 140 valence electrons. The number of aromatic nitrogens is 1. The highest BCUT2D eigenvalue weighted by Crippen LogP contribution is 2.04. The molecule has 2 rings (SSSR count). The number of aryl methyl sites for hydroxylation is 1. The Balaban J connectivity index is 1.64. The van der Waals surface area contributed by atoms with E-state index in [4.69, 9.17) is 0 Å². The van der Waals surface area contributed by atoms with E-state index in [1.165, 1.54) is 24.0 Å². The molecular formula is C18H25N5O2S. The molecular weight excluding hydrogens is 350 g/mol. The second-order valence-electron chi connectivity index (χ2n) is 5.60. The van der Waals surface area contributed by atoms with Crippen LogP contribution >= 0.6 is 0 Å². The zero-order valence-corrected chi connectivity index (χ0v) is 15.7. The molecule has 0 unspecified atom stereocenters. The van der Waals surface area contributed by atoms with E-state index in [-0.39, 0.29) is 11.4 Å². The van der Waals surface area contributed by atoms with Crippen molar-refractivity contribution in [1.82, 2.24) is 20.3 Å². The van der Waals surface area contributed by atoms with E-state index < -0.39 is 10.0 Å². The predicted octanol–water partition coefficient (Wildman–Crippen LogP) is 1.16. The van der Waals surface area contributed by atoms with E-state index in [0.717, 1.165) is 19.4 Å². The van der Waals surface area contributed by atoms with Gasteiger partial charge in [-0.05, 0) is 30.5 Å². The van der Waals surface area contributed by atoms with Gasteiger partial charge in [0.2, 0.25) is 10.0 Å². The number of aliphatic imine (C=N–C) groups is 1. The normalized spacial score (nSPS) is 12.0. The first-order valence-electron chi connectivity index (χ1n) is 8.50. The van der Waals surface area contributed by atoms with Gasteiger partial charge in [0.05, 0.1) is 0 Å². The Kier molecular flexibility index (Phi) is 8.04. The number of benzene rings is 1. The van der Waals surface area contributed by atoms with Crippen molar-refractivity contribution in [2.45, 2.75) is 17.7 Å². The van der Waals surface area contributed by atoms with Gasteiger partial charge >= 0.3 is 0 Å². The fourth-order valence-electron chi connectivity index (χ4n) is 2.32. The van der Waals surface area contributed by atoms with Crippen molar-refractivity contribution in [1.29, 1.82) is 0 Å².